The summed E-state index contributed by atoms with van der Waals surface area (Å²) in [5.74, 6) is 1.73. The lowest BCUT2D eigenvalue weighted by Gasteiger charge is -2.39. The molecule has 56 heavy (non-hydrogen) atoms. The monoisotopic (exact) mass is 718 g/mol. The van der Waals surface area contributed by atoms with Crippen LogP contribution in [0.3, 0.4) is 0 Å². The zero-order chi connectivity index (χ0) is 37.5. The van der Waals surface area contributed by atoms with Gasteiger partial charge < -0.3 is 10.5 Å². The van der Waals surface area contributed by atoms with Crippen LogP contribution in [0.1, 0.15) is 38.9 Å². The highest BCUT2D eigenvalue weighted by molar-refractivity contribution is 6.14. The number of allylic oxidation sites excluding steroid dienone is 1. The first-order valence-electron chi connectivity index (χ1n) is 19.1. The highest BCUT2D eigenvalue weighted by Gasteiger charge is 2.51. The molecule has 266 valence electrons. The number of ether oxygens (including phenoxy) is 1. The quantitative estimate of drug-likeness (QED) is 0.167. The highest BCUT2D eigenvalue weighted by atomic mass is 16.5. The van der Waals surface area contributed by atoms with Gasteiger partial charge in [-0.05, 0) is 91.0 Å². The van der Waals surface area contributed by atoms with Gasteiger partial charge in [0.05, 0.1) is 17.8 Å². The first-order valence-corrected chi connectivity index (χ1v) is 19.1. The predicted molar refractivity (Wildman–Crippen MR) is 230 cm³/mol. The molecule has 0 unspecified atom stereocenters. The maximum Gasteiger partial charge on any atom is 0.132 e. The molecule has 1 spiro atoms. The van der Waals surface area contributed by atoms with Gasteiger partial charge in [0.2, 0.25) is 0 Å². The first-order chi connectivity index (χ1) is 27.7. The standard InChI is InChI=1S/C53H38N2O/c54-35-55-50(41-29-25-39(26-30-41)37-15-5-2-6-16-37)34-45(40-27-23-38(24-28-40)36-13-3-1-4-14-36)42-31-32-52-49(33-42)53(48-21-11-12-22-51(48)56-52)46-19-9-7-17-43(46)44-18-8-10-20-47(44)53/h1-34H,35,54H2/b45-34+,55-50?. The average molecular weight is 719 g/mol. The van der Waals surface area contributed by atoms with Crippen LogP contribution in [-0.4, -0.2) is 12.4 Å². The lowest BCUT2D eigenvalue weighted by molar-refractivity contribution is 0.436. The Hall–Kier alpha value is -7.07. The van der Waals surface area contributed by atoms with E-state index in [9.17, 15) is 0 Å². The van der Waals surface area contributed by atoms with Crippen molar-refractivity contribution in [2.75, 3.05) is 6.67 Å². The Morgan fingerprint density at radius 3 is 1.50 bits per heavy atom. The Bertz CT molecular complexity index is 2740. The van der Waals surface area contributed by atoms with Gasteiger partial charge in [-0.15, -0.1) is 0 Å². The molecular formula is C53H38N2O. The third kappa shape index (κ3) is 5.52. The van der Waals surface area contributed by atoms with Crippen LogP contribution in [0, 0.1) is 0 Å². The lowest BCUT2D eigenvalue weighted by atomic mass is 9.65. The number of aliphatic imine (C=N–C) groups is 1. The molecule has 1 aliphatic heterocycles. The summed E-state index contributed by atoms with van der Waals surface area (Å²) in [6.45, 7) is 0.165. The first kappa shape index (κ1) is 33.5. The summed E-state index contributed by atoms with van der Waals surface area (Å²) in [7, 11) is 0. The van der Waals surface area contributed by atoms with Gasteiger partial charge in [0.1, 0.15) is 11.5 Å². The van der Waals surface area contributed by atoms with Crippen molar-refractivity contribution in [1.29, 1.82) is 0 Å². The maximum atomic E-state index is 6.78. The third-order valence-electron chi connectivity index (χ3n) is 11.3. The summed E-state index contributed by atoms with van der Waals surface area (Å²) in [6.07, 6.45) is 2.20. The molecule has 0 saturated heterocycles. The van der Waals surface area contributed by atoms with Crippen molar-refractivity contribution in [3.8, 4) is 44.9 Å². The van der Waals surface area contributed by atoms with E-state index >= 15 is 0 Å². The molecule has 0 atom stereocenters. The number of nitrogens with zero attached hydrogens (tertiary/aromatic N) is 1. The molecule has 8 aromatic carbocycles. The van der Waals surface area contributed by atoms with Gasteiger partial charge in [0, 0.05) is 11.1 Å². The summed E-state index contributed by atoms with van der Waals surface area (Å²) in [5, 5.41) is 0. The fourth-order valence-corrected chi connectivity index (χ4v) is 8.75. The van der Waals surface area contributed by atoms with Gasteiger partial charge in [-0.25, -0.2) is 0 Å². The minimum Gasteiger partial charge on any atom is -0.457 e. The van der Waals surface area contributed by atoms with Gasteiger partial charge in [-0.3, -0.25) is 4.99 Å². The van der Waals surface area contributed by atoms with Gasteiger partial charge in [-0.1, -0.05) is 182 Å². The van der Waals surface area contributed by atoms with Crippen LogP contribution in [0.4, 0.5) is 0 Å². The number of benzene rings is 8. The molecule has 1 aliphatic carbocycles. The average Bonchev–Trinajstić information content (AvgIpc) is 3.56. The molecular weight excluding hydrogens is 681 g/mol. The molecule has 0 fully saturated rings. The molecule has 10 rings (SSSR count). The van der Waals surface area contributed by atoms with Crippen molar-refractivity contribution in [3.05, 3.63) is 245 Å². The molecule has 0 radical (unpaired) electrons. The van der Waals surface area contributed by atoms with Crippen LogP contribution < -0.4 is 10.5 Å². The Kier molecular flexibility index (Phi) is 8.36. The largest absolute Gasteiger partial charge is 0.457 e. The van der Waals surface area contributed by atoms with Crippen LogP contribution in [0.15, 0.2) is 211 Å². The van der Waals surface area contributed by atoms with Crippen LogP contribution >= 0.6 is 0 Å². The molecule has 0 aromatic heterocycles. The van der Waals surface area contributed by atoms with E-state index in [1.165, 1.54) is 33.4 Å². The number of fused-ring (bicyclic) bond motifs is 9. The van der Waals surface area contributed by atoms with E-state index in [2.05, 4.69) is 200 Å². The zero-order valence-electron chi connectivity index (χ0n) is 30.8. The van der Waals surface area contributed by atoms with Crippen molar-refractivity contribution in [2.45, 2.75) is 5.41 Å². The van der Waals surface area contributed by atoms with Gasteiger partial charge in [-0.2, -0.15) is 0 Å². The second-order valence-corrected chi connectivity index (χ2v) is 14.3. The van der Waals surface area contributed by atoms with E-state index < -0.39 is 5.41 Å². The maximum absolute atomic E-state index is 6.78. The lowest BCUT2D eigenvalue weighted by Crippen LogP contribution is -2.32. The van der Waals surface area contributed by atoms with Crippen LogP contribution in [0.2, 0.25) is 0 Å². The summed E-state index contributed by atoms with van der Waals surface area (Å²) in [6, 6.07) is 71.3. The second-order valence-electron chi connectivity index (χ2n) is 14.3. The molecule has 0 saturated carbocycles. The van der Waals surface area contributed by atoms with E-state index in [0.717, 1.165) is 61.7 Å². The van der Waals surface area contributed by atoms with Crippen molar-refractivity contribution < 1.29 is 4.74 Å². The van der Waals surface area contributed by atoms with Crippen molar-refractivity contribution in [2.24, 2.45) is 10.7 Å². The Balaban J connectivity index is 1.18. The number of para-hydroxylation sites is 1. The molecule has 3 nitrogen and oxygen atoms in total. The molecule has 2 N–H and O–H groups in total. The Morgan fingerprint density at radius 1 is 0.446 bits per heavy atom. The molecule has 2 aliphatic rings. The number of rotatable bonds is 7. The molecule has 0 bridgehead atoms. The fourth-order valence-electron chi connectivity index (χ4n) is 8.75. The van der Waals surface area contributed by atoms with Crippen LogP contribution in [0.5, 0.6) is 11.5 Å². The zero-order valence-corrected chi connectivity index (χ0v) is 30.8. The van der Waals surface area contributed by atoms with Gasteiger partial charge >= 0.3 is 0 Å². The fraction of sp³-hybridized carbons (Fsp3) is 0.0377. The van der Waals surface area contributed by atoms with Crippen molar-refractivity contribution in [1.82, 2.24) is 0 Å². The van der Waals surface area contributed by atoms with Gasteiger partial charge in [0.25, 0.3) is 0 Å². The number of hydrogen-bond donors (Lipinski definition) is 1. The smallest absolute Gasteiger partial charge is 0.132 e. The van der Waals surface area contributed by atoms with E-state index in [1.807, 2.05) is 6.07 Å². The van der Waals surface area contributed by atoms with E-state index in [0.29, 0.717) is 0 Å². The molecule has 1 heterocycles. The Morgan fingerprint density at radius 2 is 0.911 bits per heavy atom. The normalized spacial score (nSPS) is 13.7. The number of hydrogen-bond acceptors (Lipinski definition) is 3. The van der Waals surface area contributed by atoms with E-state index in [4.69, 9.17) is 15.5 Å². The van der Waals surface area contributed by atoms with Crippen LogP contribution in [0.25, 0.3) is 39.0 Å². The van der Waals surface area contributed by atoms with Gasteiger partial charge in [0.15, 0.2) is 0 Å². The van der Waals surface area contributed by atoms with E-state index in [-0.39, 0.29) is 6.67 Å². The van der Waals surface area contributed by atoms with Crippen molar-refractivity contribution >= 4 is 11.3 Å². The van der Waals surface area contributed by atoms with E-state index in [1.54, 1.807) is 0 Å². The minimum absolute atomic E-state index is 0.165. The third-order valence-corrected chi connectivity index (χ3v) is 11.3. The highest BCUT2D eigenvalue weighted by Crippen LogP contribution is 2.62. The Labute approximate surface area is 327 Å². The topological polar surface area (TPSA) is 47.6 Å². The molecule has 0 amide bonds. The minimum atomic E-state index is -0.572. The molecule has 3 heteroatoms. The summed E-state index contributed by atoms with van der Waals surface area (Å²) >= 11 is 0. The SMILES string of the molecule is NCN=C(/C=C(\c1ccc(-c2ccccc2)cc1)c1ccc2c(c1)C1(c3ccccc3O2)c2ccccc2-c2ccccc21)c1ccc(-c2ccccc2)cc1. The summed E-state index contributed by atoms with van der Waals surface area (Å²) in [4.78, 5) is 4.89. The predicted octanol–water partition coefficient (Wildman–Crippen LogP) is 12.3. The number of nitrogens with two attached hydrogens (primary N) is 1. The summed E-state index contributed by atoms with van der Waals surface area (Å²) in [5.41, 5.74) is 22.6. The van der Waals surface area contributed by atoms with Crippen LogP contribution in [-0.2, 0) is 5.41 Å². The molecule has 8 aromatic rings. The summed E-state index contributed by atoms with van der Waals surface area (Å²) < 4.78 is 6.78. The van der Waals surface area contributed by atoms with Crippen molar-refractivity contribution in [3.63, 3.8) is 0 Å². The second kappa shape index (κ2) is 14.0.